The average Bonchev–Trinajstić information content (AvgIpc) is 3.57. The number of ether oxygens (including phenoxy) is 5. The molecule has 4 atom stereocenters. The Kier molecular flexibility index (Phi) is 6.93. The molecule has 1 spiro atoms. The number of hydrogen-bond donors (Lipinski definition) is 1. The maximum atomic E-state index is 13.6. The van der Waals surface area contributed by atoms with Crippen molar-refractivity contribution in [2.75, 3.05) is 34.1 Å². The Bertz CT molecular complexity index is 1130. The van der Waals surface area contributed by atoms with Crippen molar-refractivity contribution in [2.45, 2.75) is 68.6 Å². The number of carbonyl (C=O) groups excluding carboxylic acids is 2. The number of nitrogens with zero attached hydrogens (tertiary/aromatic N) is 1. The fraction of sp³-hybridized carbons (Fsp3) is 0.571. The zero-order valence-corrected chi connectivity index (χ0v) is 21.7. The minimum atomic E-state index is -2.06. The van der Waals surface area contributed by atoms with Crippen molar-refractivity contribution in [2.24, 2.45) is 0 Å². The van der Waals surface area contributed by atoms with Gasteiger partial charge >= 0.3 is 11.9 Å². The first-order valence-corrected chi connectivity index (χ1v) is 12.9. The van der Waals surface area contributed by atoms with Crippen LogP contribution in [0.2, 0.25) is 0 Å². The van der Waals surface area contributed by atoms with Gasteiger partial charge in [0, 0.05) is 13.0 Å². The molecule has 0 bridgehead atoms. The molecular formula is C28H35NO8. The van der Waals surface area contributed by atoms with Crippen molar-refractivity contribution in [3.05, 3.63) is 47.2 Å². The number of hydrogen-bond acceptors (Lipinski definition) is 9. The lowest BCUT2D eigenvalue weighted by Crippen LogP contribution is -2.49. The van der Waals surface area contributed by atoms with Gasteiger partial charge in [-0.15, -0.1) is 0 Å². The molecule has 37 heavy (non-hydrogen) atoms. The lowest BCUT2D eigenvalue weighted by Gasteiger charge is -2.39. The molecule has 1 fully saturated rings. The van der Waals surface area contributed by atoms with Crippen LogP contribution >= 0.6 is 0 Å². The highest BCUT2D eigenvalue weighted by Gasteiger charge is 2.59. The maximum absolute atomic E-state index is 13.6. The van der Waals surface area contributed by atoms with Gasteiger partial charge in [0.05, 0.1) is 32.1 Å². The third kappa shape index (κ3) is 4.38. The summed E-state index contributed by atoms with van der Waals surface area (Å²) in [4.78, 5) is 28.2. The van der Waals surface area contributed by atoms with Crippen LogP contribution in [0.5, 0.6) is 11.5 Å². The number of fused-ring (bicyclic) bond motifs is 3. The summed E-state index contributed by atoms with van der Waals surface area (Å²) in [7, 11) is 2.79. The van der Waals surface area contributed by atoms with Gasteiger partial charge < -0.3 is 28.8 Å². The van der Waals surface area contributed by atoms with E-state index < -0.39 is 35.6 Å². The molecule has 1 N–H and O–H groups in total. The lowest BCUT2D eigenvalue weighted by molar-refractivity contribution is -0.177. The predicted octanol–water partition coefficient (Wildman–Crippen LogP) is 3.00. The van der Waals surface area contributed by atoms with Crippen molar-refractivity contribution < 1.29 is 38.4 Å². The molecule has 3 heterocycles. The number of esters is 2. The lowest BCUT2D eigenvalue weighted by atomic mass is 9.77. The van der Waals surface area contributed by atoms with Crippen LogP contribution in [0.3, 0.4) is 0 Å². The third-order valence-electron chi connectivity index (χ3n) is 8.10. The molecule has 0 saturated carbocycles. The SMILES string of the molecule is CC/C=C/C[C@@](O)(CC(=O)OC)C(=O)O[C@@H]1C(OC)=C[C@]23CCCN2CCc2cc4c(cc2[C@H]13)OCO4. The van der Waals surface area contributed by atoms with E-state index in [0.717, 1.165) is 55.6 Å². The molecule has 0 radical (unpaired) electrons. The van der Waals surface area contributed by atoms with E-state index in [0.29, 0.717) is 11.5 Å². The van der Waals surface area contributed by atoms with E-state index in [9.17, 15) is 14.7 Å². The van der Waals surface area contributed by atoms with E-state index in [1.165, 1.54) is 7.11 Å². The van der Waals surface area contributed by atoms with E-state index >= 15 is 0 Å². The molecule has 0 aromatic heterocycles. The maximum Gasteiger partial charge on any atom is 0.339 e. The molecule has 0 amide bonds. The first-order chi connectivity index (χ1) is 17.8. The smallest absolute Gasteiger partial charge is 0.339 e. The second-order valence-electron chi connectivity index (χ2n) is 10.2. The Labute approximate surface area is 217 Å². The molecule has 9 nitrogen and oxygen atoms in total. The van der Waals surface area contributed by atoms with Crippen LogP contribution in [-0.4, -0.2) is 73.3 Å². The van der Waals surface area contributed by atoms with Crippen LogP contribution in [0.4, 0.5) is 0 Å². The molecule has 4 aliphatic rings. The zero-order valence-electron chi connectivity index (χ0n) is 21.7. The molecule has 1 aliphatic carbocycles. The van der Waals surface area contributed by atoms with Crippen LogP contribution in [-0.2, 0) is 30.2 Å². The highest BCUT2D eigenvalue weighted by Crippen LogP contribution is 2.55. The quantitative estimate of drug-likeness (QED) is 0.415. The van der Waals surface area contributed by atoms with E-state index in [1.807, 2.05) is 25.1 Å². The Balaban J connectivity index is 1.54. The second-order valence-corrected chi connectivity index (χ2v) is 10.2. The number of aliphatic hydroxyl groups is 1. The molecule has 1 saturated heterocycles. The molecule has 3 aliphatic heterocycles. The number of carbonyl (C=O) groups is 2. The molecule has 1 aromatic rings. The topological polar surface area (TPSA) is 104 Å². The van der Waals surface area contributed by atoms with Crippen molar-refractivity contribution in [1.82, 2.24) is 4.90 Å². The van der Waals surface area contributed by atoms with Crippen molar-refractivity contribution in [1.29, 1.82) is 0 Å². The summed E-state index contributed by atoms with van der Waals surface area (Å²) < 4.78 is 28.0. The molecule has 0 unspecified atom stereocenters. The van der Waals surface area contributed by atoms with Gasteiger partial charge in [-0.2, -0.15) is 0 Å². The number of rotatable bonds is 8. The fourth-order valence-corrected chi connectivity index (χ4v) is 6.30. The third-order valence-corrected chi connectivity index (χ3v) is 8.10. The van der Waals surface area contributed by atoms with Gasteiger partial charge in [0.15, 0.2) is 23.2 Å². The minimum Gasteiger partial charge on any atom is -0.497 e. The van der Waals surface area contributed by atoms with Crippen LogP contribution in [0, 0.1) is 0 Å². The van der Waals surface area contributed by atoms with Crippen molar-refractivity contribution in [3.8, 4) is 11.5 Å². The van der Waals surface area contributed by atoms with Crippen LogP contribution in [0.25, 0.3) is 0 Å². The summed E-state index contributed by atoms with van der Waals surface area (Å²) in [5.74, 6) is 0.0957. The number of allylic oxidation sites excluding steroid dienone is 1. The monoisotopic (exact) mass is 513 g/mol. The molecule has 200 valence electrons. The summed E-state index contributed by atoms with van der Waals surface area (Å²) in [5, 5.41) is 11.4. The van der Waals surface area contributed by atoms with Crippen molar-refractivity contribution in [3.63, 3.8) is 0 Å². The normalized spacial score (nSPS) is 27.5. The van der Waals surface area contributed by atoms with Gasteiger partial charge in [0.1, 0.15) is 5.76 Å². The molecular weight excluding hydrogens is 478 g/mol. The summed E-state index contributed by atoms with van der Waals surface area (Å²) in [6.45, 7) is 3.90. The minimum absolute atomic E-state index is 0.0648. The van der Waals surface area contributed by atoms with Crippen LogP contribution in [0.15, 0.2) is 36.1 Å². The van der Waals surface area contributed by atoms with Gasteiger partial charge in [0.25, 0.3) is 0 Å². The Morgan fingerprint density at radius 3 is 2.73 bits per heavy atom. The summed E-state index contributed by atoms with van der Waals surface area (Å²) in [6.07, 6.45) is 7.72. The van der Waals surface area contributed by atoms with Crippen LogP contribution < -0.4 is 9.47 Å². The summed E-state index contributed by atoms with van der Waals surface area (Å²) in [6, 6.07) is 4.03. The first-order valence-electron chi connectivity index (χ1n) is 12.9. The van der Waals surface area contributed by atoms with Gasteiger partial charge in [-0.3, -0.25) is 9.69 Å². The fourth-order valence-electron chi connectivity index (χ4n) is 6.30. The van der Waals surface area contributed by atoms with E-state index in [-0.39, 0.29) is 19.1 Å². The summed E-state index contributed by atoms with van der Waals surface area (Å²) >= 11 is 0. The average molecular weight is 514 g/mol. The second kappa shape index (κ2) is 10.0. The highest BCUT2D eigenvalue weighted by atomic mass is 16.7. The van der Waals surface area contributed by atoms with E-state index in [2.05, 4.69) is 11.0 Å². The van der Waals surface area contributed by atoms with E-state index in [4.69, 9.17) is 23.7 Å². The standard InChI is InChI=1S/C28H35NO8/c1-4-5-6-10-28(32,16-23(30)34-3)26(31)37-25-22(33-2)15-27-9-7-11-29(27)12-8-18-13-20-21(36-17-35-20)14-19(18)24(25)27/h5-6,13-15,24-25,32H,4,7-12,16-17H2,1-3H3/b6-5+/t24-,25-,27+,28-/m1/s1. The largest absolute Gasteiger partial charge is 0.497 e. The molecule has 1 aromatic carbocycles. The van der Waals surface area contributed by atoms with Gasteiger partial charge in [0.2, 0.25) is 6.79 Å². The molecule has 9 heteroatoms. The Morgan fingerprint density at radius 2 is 2.00 bits per heavy atom. The summed E-state index contributed by atoms with van der Waals surface area (Å²) in [5.41, 5.74) is -0.314. The van der Waals surface area contributed by atoms with Crippen LogP contribution in [0.1, 0.15) is 56.1 Å². The van der Waals surface area contributed by atoms with Crippen molar-refractivity contribution >= 4 is 11.9 Å². The highest BCUT2D eigenvalue weighted by molar-refractivity contribution is 5.86. The number of benzene rings is 1. The Hall–Kier alpha value is -3.04. The zero-order chi connectivity index (χ0) is 26.2. The van der Waals surface area contributed by atoms with Gasteiger partial charge in [-0.05, 0) is 61.6 Å². The predicted molar refractivity (Wildman–Crippen MR) is 133 cm³/mol. The van der Waals surface area contributed by atoms with E-state index in [1.54, 1.807) is 13.2 Å². The van der Waals surface area contributed by atoms with Gasteiger partial charge in [-0.25, -0.2) is 4.79 Å². The number of methoxy groups -OCH3 is 2. The Morgan fingerprint density at radius 1 is 1.22 bits per heavy atom. The van der Waals surface area contributed by atoms with Gasteiger partial charge in [-0.1, -0.05) is 19.1 Å². The first kappa shape index (κ1) is 25.6. The molecule has 5 rings (SSSR count).